The van der Waals surface area contributed by atoms with Crippen molar-refractivity contribution in [2.75, 3.05) is 6.54 Å². The minimum Gasteiger partial charge on any atom is -0.464 e. The Hall–Kier alpha value is -2.55. The van der Waals surface area contributed by atoms with E-state index in [0.717, 1.165) is 23.0 Å². The van der Waals surface area contributed by atoms with Crippen LogP contribution in [-0.2, 0) is 23.1 Å². The molecule has 3 rings (SSSR count). The Morgan fingerprint density at radius 3 is 2.56 bits per heavy atom. The van der Waals surface area contributed by atoms with Crippen molar-refractivity contribution < 1.29 is 9.21 Å². The Bertz CT molecular complexity index is 857. The van der Waals surface area contributed by atoms with Crippen molar-refractivity contribution in [3.8, 4) is 0 Å². The Morgan fingerprint density at radius 1 is 1.08 bits per heavy atom. The van der Waals surface area contributed by atoms with Crippen LogP contribution in [0, 0.1) is 0 Å². The number of carbonyl (C=O) groups is 1. The molecule has 0 aliphatic carbocycles. The van der Waals surface area contributed by atoms with E-state index in [4.69, 9.17) is 4.42 Å². The van der Waals surface area contributed by atoms with Crippen LogP contribution in [0.3, 0.4) is 0 Å². The molecule has 0 atom stereocenters. The van der Waals surface area contributed by atoms with Gasteiger partial charge in [-0.05, 0) is 35.1 Å². The summed E-state index contributed by atoms with van der Waals surface area (Å²) in [7, 11) is 0. The molecule has 0 aliphatic heterocycles. The quantitative estimate of drug-likeness (QED) is 0.738. The number of benzene rings is 2. The number of hydrogen-bond acceptors (Lipinski definition) is 2. The molecular formula is C22H25NO2. The lowest BCUT2D eigenvalue weighted by molar-refractivity contribution is -0.120. The summed E-state index contributed by atoms with van der Waals surface area (Å²) in [4.78, 5) is 12.3. The van der Waals surface area contributed by atoms with E-state index in [-0.39, 0.29) is 11.3 Å². The van der Waals surface area contributed by atoms with Crippen molar-refractivity contribution in [2.45, 2.75) is 39.0 Å². The molecule has 3 nitrogen and oxygen atoms in total. The second-order valence-corrected chi connectivity index (χ2v) is 7.48. The van der Waals surface area contributed by atoms with Crippen LogP contribution in [-0.4, -0.2) is 12.5 Å². The second-order valence-electron chi connectivity index (χ2n) is 7.48. The van der Waals surface area contributed by atoms with E-state index in [1.165, 1.54) is 11.1 Å². The summed E-state index contributed by atoms with van der Waals surface area (Å²) in [5.74, 6) is 0.0276. The van der Waals surface area contributed by atoms with Gasteiger partial charge < -0.3 is 9.73 Å². The first-order chi connectivity index (χ1) is 11.9. The van der Waals surface area contributed by atoms with E-state index in [2.05, 4.69) is 50.4 Å². The Morgan fingerprint density at radius 2 is 1.84 bits per heavy atom. The number of fused-ring (bicyclic) bond motifs is 1. The van der Waals surface area contributed by atoms with Gasteiger partial charge in [0.25, 0.3) is 0 Å². The molecule has 0 radical (unpaired) electrons. The van der Waals surface area contributed by atoms with Crippen molar-refractivity contribution in [3.05, 3.63) is 71.5 Å². The third-order valence-electron chi connectivity index (χ3n) is 4.45. The Balaban J connectivity index is 1.64. The molecule has 0 spiro atoms. The molecule has 3 aromatic rings. The lowest BCUT2D eigenvalue weighted by atomic mass is 9.86. The zero-order valence-electron chi connectivity index (χ0n) is 15.1. The average molecular weight is 335 g/mol. The minimum absolute atomic E-state index is 0.0276. The van der Waals surface area contributed by atoms with Gasteiger partial charge in [-0.3, -0.25) is 4.79 Å². The van der Waals surface area contributed by atoms with E-state index in [1.807, 2.05) is 24.3 Å². The fourth-order valence-electron chi connectivity index (χ4n) is 2.91. The van der Waals surface area contributed by atoms with Crippen LogP contribution in [0.4, 0.5) is 0 Å². The van der Waals surface area contributed by atoms with E-state index in [1.54, 1.807) is 6.26 Å². The molecule has 130 valence electrons. The van der Waals surface area contributed by atoms with Gasteiger partial charge in [-0.2, -0.15) is 0 Å². The third kappa shape index (κ3) is 4.30. The van der Waals surface area contributed by atoms with Crippen LogP contribution < -0.4 is 5.32 Å². The zero-order valence-corrected chi connectivity index (χ0v) is 15.1. The summed E-state index contributed by atoms with van der Waals surface area (Å²) in [5, 5.41) is 4.03. The summed E-state index contributed by atoms with van der Waals surface area (Å²) in [6.45, 7) is 7.20. The van der Waals surface area contributed by atoms with Gasteiger partial charge >= 0.3 is 0 Å². The molecule has 1 aromatic heterocycles. The van der Waals surface area contributed by atoms with Gasteiger partial charge in [-0.25, -0.2) is 0 Å². The predicted molar refractivity (Wildman–Crippen MR) is 102 cm³/mol. The second kappa shape index (κ2) is 7.14. The van der Waals surface area contributed by atoms with Gasteiger partial charge in [0, 0.05) is 17.5 Å². The first kappa shape index (κ1) is 17.3. The smallest absolute Gasteiger partial charge is 0.224 e. The number of carbonyl (C=O) groups excluding carboxylic acids is 1. The fraction of sp³-hybridized carbons (Fsp3) is 0.318. The highest BCUT2D eigenvalue weighted by Gasteiger charge is 2.17. The van der Waals surface area contributed by atoms with Crippen LogP contribution in [0.2, 0.25) is 0 Å². The van der Waals surface area contributed by atoms with Crippen molar-refractivity contribution >= 4 is 16.9 Å². The molecule has 0 saturated carbocycles. The lowest BCUT2D eigenvalue weighted by Crippen LogP contribution is -2.27. The molecule has 2 aromatic carbocycles. The molecule has 0 fully saturated rings. The van der Waals surface area contributed by atoms with Crippen molar-refractivity contribution in [3.63, 3.8) is 0 Å². The van der Waals surface area contributed by atoms with Crippen molar-refractivity contribution in [2.24, 2.45) is 0 Å². The number of nitrogens with one attached hydrogen (secondary N) is 1. The minimum atomic E-state index is 0.0276. The fourth-order valence-corrected chi connectivity index (χ4v) is 2.91. The largest absolute Gasteiger partial charge is 0.464 e. The van der Waals surface area contributed by atoms with Crippen LogP contribution in [0.5, 0.6) is 0 Å². The summed E-state index contributed by atoms with van der Waals surface area (Å²) in [5.41, 5.74) is 4.32. The first-order valence-electron chi connectivity index (χ1n) is 8.75. The lowest BCUT2D eigenvalue weighted by Gasteiger charge is -2.18. The maximum Gasteiger partial charge on any atom is 0.224 e. The summed E-state index contributed by atoms with van der Waals surface area (Å²) >= 11 is 0. The summed E-state index contributed by atoms with van der Waals surface area (Å²) in [6, 6.07) is 16.4. The summed E-state index contributed by atoms with van der Waals surface area (Å²) in [6.07, 6.45) is 2.89. The maximum atomic E-state index is 12.3. The standard InChI is InChI=1S/C22H25NO2/c1-22(2,3)18-9-10-20-19(14-18)17(15-25-20)13-21(24)23-12-11-16-7-5-4-6-8-16/h4-10,14-15H,11-13H2,1-3H3,(H,23,24). The average Bonchev–Trinajstić information content (AvgIpc) is 2.97. The number of furan rings is 1. The van der Waals surface area contributed by atoms with E-state index >= 15 is 0 Å². The highest BCUT2D eigenvalue weighted by molar-refractivity contribution is 5.88. The number of hydrogen-bond donors (Lipinski definition) is 1. The molecule has 0 saturated heterocycles. The number of rotatable bonds is 5. The Labute approximate surface area is 149 Å². The van der Waals surface area contributed by atoms with Gasteiger partial charge in [0.1, 0.15) is 5.58 Å². The van der Waals surface area contributed by atoms with Gasteiger partial charge in [0.2, 0.25) is 5.91 Å². The van der Waals surface area contributed by atoms with Crippen LogP contribution in [0.1, 0.15) is 37.5 Å². The molecule has 1 heterocycles. The molecule has 3 heteroatoms. The highest BCUT2D eigenvalue weighted by Crippen LogP contribution is 2.29. The van der Waals surface area contributed by atoms with Crippen LogP contribution >= 0.6 is 0 Å². The SMILES string of the molecule is CC(C)(C)c1ccc2occ(CC(=O)NCCc3ccccc3)c2c1. The van der Waals surface area contributed by atoms with Gasteiger partial charge in [-0.15, -0.1) is 0 Å². The highest BCUT2D eigenvalue weighted by atomic mass is 16.3. The first-order valence-corrected chi connectivity index (χ1v) is 8.75. The molecule has 0 bridgehead atoms. The van der Waals surface area contributed by atoms with E-state index in [0.29, 0.717) is 13.0 Å². The molecule has 1 amide bonds. The van der Waals surface area contributed by atoms with E-state index in [9.17, 15) is 4.79 Å². The third-order valence-corrected chi connectivity index (χ3v) is 4.45. The topological polar surface area (TPSA) is 42.2 Å². The maximum absolute atomic E-state index is 12.3. The van der Waals surface area contributed by atoms with Crippen LogP contribution in [0.25, 0.3) is 11.0 Å². The van der Waals surface area contributed by atoms with Gasteiger partial charge in [-0.1, -0.05) is 57.2 Å². The van der Waals surface area contributed by atoms with Crippen molar-refractivity contribution in [1.29, 1.82) is 0 Å². The molecule has 0 aliphatic rings. The molecule has 0 unspecified atom stereocenters. The molecular weight excluding hydrogens is 310 g/mol. The molecule has 25 heavy (non-hydrogen) atoms. The van der Waals surface area contributed by atoms with Crippen LogP contribution in [0.15, 0.2) is 59.2 Å². The van der Waals surface area contributed by atoms with Gasteiger partial charge in [0.05, 0.1) is 12.7 Å². The monoisotopic (exact) mass is 335 g/mol. The zero-order chi connectivity index (χ0) is 17.9. The van der Waals surface area contributed by atoms with Crippen molar-refractivity contribution in [1.82, 2.24) is 5.32 Å². The van der Waals surface area contributed by atoms with E-state index < -0.39 is 0 Å². The molecule has 1 N–H and O–H groups in total. The normalized spacial score (nSPS) is 11.6. The summed E-state index contributed by atoms with van der Waals surface area (Å²) < 4.78 is 5.61. The van der Waals surface area contributed by atoms with Gasteiger partial charge in [0.15, 0.2) is 0 Å². The Kier molecular flexibility index (Phi) is 4.93. The number of amides is 1. The predicted octanol–water partition coefficient (Wildman–Crippen LogP) is 4.63.